The van der Waals surface area contributed by atoms with Crippen molar-refractivity contribution in [2.75, 3.05) is 6.54 Å². The van der Waals surface area contributed by atoms with Gasteiger partial charge < -0.3 is 5.32 Å². The number of rotatable bonds is 0. The van der Waals surface area contributed by atoms with Crippen LogP contribution in [-0.4, -0.2) is 12.6 Å². The van der Waals surface area contributed by atoms with Gasteiger partial charge in [0.15, 0.2) is 0 Å². The maximum atomic E-state index is 3.58. The number of piperidine rings is 1. The average molecular weight is 125 g/mol. The predicted octanol–water partition coefficient (Wildman–Crippen LogP) is 1.54. The molecule has 0 amide bonds. The van der Waals surface area contributed by atoms with E-state index in [9.17, 15) is 0 Å². The molecule has 52 valence electrons. The van der Waals surface area contributed by atoms with Gasteiger partial charge in [0.25, 0.3) is 0 Å². The molecular weight excluding hydrogens is 110 g/mol. The van der Waals surface area contributed by atoms with Crippen molar-refractivity contribution in [2.24, 2.45) is 5.92 Å². The van der Waals surface area contributed by atoms with Crippen LogP contribution < -0.4 is 5.32 Å². The summed E-state index contributed by atoms with van der Waals surface area (Å²) < 4.78 is 0. The first-order valence-electron chi connectivity index (χ1n) is 4.20. The molecule has 9 heavy (non-hydrogen) atoms. The van der Waals surface area contributed by atoms with Crippen LogP contribution in [0.25, 0.3) is 0 Å². The summed E-state index contributed by atoms with van der Waals surface area (Å²) in [6.07, 6.45) is 7.34. The molecule has 2 fully saturated rings. The van der Waals surface area contributed by atoms with Crippen LogP contribution >= 0.6 is 0 Å². The van der Waals surface area contributed by atoms with E-state index in [1.807, 2.05) is 0 Å². The molecule has 2 atom stereocenters. The highest BCUT2D eigenvalue weighted by Gasteiger charge is 2.28. The van der Waals surface area contributed by atoms with Gasteiger partial charge in [0, 0.05) is 6.04 Å². The number of hydrogen-bond donors (Lipinski definition) is 1. The van der Waals surface area contributed by atoms with Crippen molar-refractivity contribution in [3.63, 3.8) is 0 Å². The molecule has 0 aromatic heterocycles. The molecule has 1 aliphatic heterocycles. The molecule has 1 aliphatic carbocycles. The Morgan fingerprint density at radius 3 is 2.78 bits per heavy atom. The predicted molar refractivity (Wildman–Crippen MR) is 38.4 cm³/mol. The Bertz CT molecular complexity index is 88.7. The summed E-state index contributed by atoms with van der Waals surface area (Å²) in [4.78, 5) is 0. The zero-order valence-corrected chi connectivity index (χ0v) is 5.90. The van der Waals surface area contributed by atoms with E-state index >= 15 is 0 Å². The SMILES string of the molecule is C1CN[C@H]2CCC[C@H]2C1. The quantitative estimate of drug-likeness (QED) is 0.518. The molecule has 0 unspecified atom stereocenters. The third-order valence-electron chi connectivity index (χ3n) is 2.82. The Morgan fingerprint density at radius 2 is 1.89 bits per heavy atom. The van der Waals surface area contributed by atoms with Gasteiger partial charge in [-0.3, -0.25) is 0 Å². The van der Waals surface area contributed by atoms with Gasteiger partial charge in [-0.25, -0.2) is 0 Å². The Kier molecular flexibility index (Phi) is 1.46. The maximum Gasteiger partial charge on any atom is 0.00953 e. The van der Waals surface area contributed by atoms with Gasteiger partial charge >= 0.3 is 0 Å². The maximum absolute atomic E-state index is 3.58. The van der Waals surface area contributed by atoms with E-state index in [0.29, 0.717) is 0 Å². The van der Waals surface area contributed by atoms with E-state index < -0.39 is 0 Å². The van der Waals surface area contributed by atoms with Crippen molar-refractivity contribution >= 4 is 0 Å². The van der Waals surface area contributed by atoms with Crippen LogP contribution in [0.2, 0.25) is 0 Å². The summed E-state index contributed by atoms with van der Waals surface area (Å²) in [5.41, 5.74) is 0. The zero-order chi connectivity index (χ0) is 6.10. The average Bonchev–Trinajstić information content (AvgIpc) is 2.33. The molecule has 1 saturated carbocycles. The first kappa shape index (κ1) is 5.72. The fraction of sp³-hybridized carbons (Fsp3) is 1.00. The van der Waals surface area contributed by atoms with Crippen molar-refractivity contribution in [1.29, 1.82) is 0 Å². The third kappa shape index (κ3) is 0.983. The van der Waals surface area contributed by atoms with Gasteiger partial charge in [-0.15, -0.1) is 0 Å². The van der Waals surface area contributed by atoms with Crippen LogP contribution in [-0.2, 0) is 0 Å². The van der Waals surface area contributed by atoms with Gasteiger partial charge in [0.2, 0.25) is 0 Å². The van der Waals surface area contributed by atoms with Gasteiger partial charge in [-0.05, 0) is 38.1 Å². The summed E-state index contributed by atoms with van der Waals surface area (Å²) in [5.74, 6) is 1.05. The minimum atomic E-state index is 0.916. The lowest BCUT2D eigenvalue weighted by Gasteiger charge is -2.26. The molecule has 2 rings (SSSR count). The first-order valence-corrected chi connectivity index (χ1v) is 4.20. The van der Waals surface area contributed by atoms with Crippen LogP contribution in [0.4, 0.5) is 0 Å². The standard InChI is InChI=1S/C8H15N/c1-3-7-4-2-6-9-8(7)5-1/h7-9H,1-6H2/t7-,8-/m0/s1. The second-order valence-electron chi connectivity index (χ2n) is 3.39. The van der Waals surface area contributed by atoms with Crippen molar-refractivity contribution in [3.8, 4) is 0 Å². The smallest absolute Gasteiger partial charge is 0.00953 e. The molecule has 1 saturated heterocycles. The monoisotopic (exact) mass is 125 g/mol. The van der Waals surface area contributed by atoms with Crippen LogP contribution in [0.15, 0.2) is 0 Å². The van der Waals surface area contributed by atoms with Crippen LogP contribution in [0.5, 0.6) is 0 Å². The highest BCUT2D eigenvalue weighted by atomic mass is 14.9. The molecule has 1 N–H and O–H groups in total. The van der Waals surface area contributed by atoms with Gasteiger partial charge in [-0.2, -0.15) is 0 Å². The van der Waals surface area contributed by atoms with Crippen LogP contribution in [0.1, 0.15) is 32.1 Å². The first-order chi connectivity index (χ1) is 4.47. The van der Waals surface area contributed by atoms with E-state index in [2.05, 4.69) is 5.32 Å². The normalized spacial score (nSPS) is 42.7. The van der Waals surface area contributed by atoms with E-state index in [4.69, 9.17) is 0 Å². The molecular formula is C8H15N. The lowest BCUT2D eigenvalue weighted by Crippen LogP contribution is -2.37. The lowest BCUT2D eigenvalue weighted by atomic mass is 9.94. The highest BCUT2D eigenvalue weighted by molar-refractivity contribution is 4.86. The summed E-state index contributed by atoms with van der Waals surface area (Å²) >= 11 is 0. The van der Waals surface area contributed by atoms with Crippen molar-refractivity contribution in [3.05, 3.63) is 0 Å². The molecule has 0 bridgehead atoms. The summed E-state index contributed by atoms with van der Waals surface area (Å²) in [5, 5.41) is 3.58. The molecule has 0 aromatic rings. The molecule has 1 heteroatoms. The molecule has 0 radical (unpaired) electrons. The topological polar surface area (TPSA) is 12.0 Å². The van der Waals surface area contributed by atoms with Crippen molar-refractivity contribution in [2.45, 2.75) is 38.1 Å². The van der Waals surface area contributed by atoms with Crippen molar-refractivity contribution in [1.82, 2.24) is 5.32 Å². The number of hydrogen-bond acceptors (Lipinski definition) is 1. The second kappa shape index (κ2) is 2.30. The van der Waals surface area contributed by atoms with Gasteiger partial charge in [0.05, 0.1) is 0 Å². The molecule has 1 nitrogen and oxygen atoms in total. The van der Waals surface area contributed by atoms with E-state index in [-0.39, 0.29) is 0 Å². The largest absolute Gasteiger partial charge is 0.314 e. The minimum absolute atomic E-state index is 0.916. The minimum Gasteiger partial charge on any atom is -0.314 e. The lowest BCUT2D eigenvalue weighted by molar-refractivity contribution is 0.318. The van der Waals surface area contributed by atoms with Gasteiger partial charge in [-0.1, -0.05) is 6.42 Å². The third-order valence-corrected chi connectivity index (χ3v) is 2.82. The van der Waals surface area contributed by atoms with Crippen LogP contribution in [0, 0.1) is 5.92 Å². The Hall–Kier alpha value is -0.0400. The molecule has 2 aliphatic rings. The molecule has 1 heterocycles. The Labute approximate surface area is 56.8 Å². The Morgan fingerprint density at radius 1 is 1.00 bits per heavy atom. The second-order valence-corrected chi connectivity index (χ2v) is 3.39. The summed E-state index contributed by atoms with van der Waals surface area (Å²) in [7, 11) is 0. The summed E-state index contributed by atoms with van der Waals surface area (Å²) in [6.45, 7) is 1.28. The van der Waals surface area contributed by atoms with E-state index in [1.54, 1.807) is 0 Å². The number of nitrogens with one attached hydrogen (secondary N) is 1. The molecule has 0 aromatic carbocycles. The van der Waals surface area contributed by atoms with Crippen LogP contribution in [0.3, 0.4) is 0 Å². The Balaban J connectivity index is 1.97. The fourth-order valence-electron chi connectivity index (χ4n) is 2.30. The van der Waals surface area contributed by atoms with Crippen molar-refractivity contribution < 1.29 is 0 Å². The molecule has 0 spiro atoms. The van der Waals surface area contributed by atoms with E-state index in [1.165, 1.54) is 38.6 Å². The fourth-order valence-corrected chi connectivity index (χ4v) is 2.30. The highest BCUT2D eigenvalue weighted by Crippen LogP contribution is 2.31. The van der Waals surface area contributed by atoms with Gasteiger partial charge in [0.1, 0.15) is 0 Å². The van der Waals surface area contributed by atoms with E-state index in [0.717, 1.165) is 12.0 Å². The summed E-state index contributed by atoms with van der Waals surface area (Å²) in [6, 6.07) is 0.916. The number of fused-ring (bicyclic) bond motifs is 1. The zero-order valence-electron chi connectivity index (χ0n) is 5.90.